The van der Waals surface area contributed by atoms with Crippen molar-refractivity contribution in [3.63, 3.8) is 0 Å². The Kier molecular flexibility index (Phi) is 5.38. The van der Waals surface area contributed by atoms with E-state index in [2.05, 4.69) is 15.6 Å². The normalized spacial score (nSPS) is 14.8. The van der Waals surface area contributed by atoms with Crippen molar-refractivity contribution in [2.75, 3.05) is 10.6 Å². The van der Waals surface area contributed by atoms with Gasteiger partial charge in [0, 0.05) is 5.92 Å². The monoisotopic (exact) mass is 341 g/mol. The van der Waals surface area contributed by atoms with Crippen LogP contribution in [0.1, 0.15) is 42.5 Å². The van der Waals surface area contributed by atoms with Crippen molar-refractivity contribution in [1.82, 2.24) is 4.98 Å². The summed E-state index contributed by atoms with van der Waals surface area (Å²) in [5.74, 6) is -0.631. The molecule has 0 aliphatic heterocycles. The van der Waals surface area contributed by atoms with E-state index >= 15 is 0 Å². The third-order valence-electron chi connectivity index (χ3n) is 4.37. The zero-order valence-corrected chi connectivity index (χ0v) is 13.8. The Labute approximate surface area is 145 Å². The standard InChI is InChI=1S/C19H20FN3O2/c20-16-9-5-4-8-15(16)19(25)22-14-10-11-17(21-12-14)23-18(24)13-6-2-1-3-7-13/h4-5,8-13H,1-3,6-7H2,(H,22,25)(H,21,23,24). The maximum atomic E-state index is 13.6. The van der Waals surface area contributed by atoms with Gasteiger partial charge in [-0.3, -0.25) is 9.59 Å². The van der Waals surface area contributed by atoms with Crippen molar-refractivity contribution < 1.29 is 14.0 Å². The van der Waals surface area contributed by atoms with Gasteiger partial charge in [-0.05, 0) is 37.1 Å². The van der Waals surface area contributed by atoms with Gasteiger partial charge in [0.15, 0.2) is 0 Å². The quantitative estimate of drug-likeness (QED) is 0.883. The molecule has 25 heavy (non-hydrogen) atoms. The molecule has 5 nitrogen and oxygen atoms in total. The molecule has 1 saturated carbocycles. The third kappa shape index (κ3) is 4.41. The summed E-state index contributed by atoms with van der Waals surface area (Å²) in [6, 6.07) is 9.02. The minimum absolute atomic E-state index is 0.00431. The van der Waals surface area contributed by atoms with E-state index in [0.29, 0.717) is 11.5 Å². The van der Waals surface area contributed by atoms with E-state index in [1.165, 1.54) is 30.8 Å². The molecule has 2 amide bonds. The predicted octanol–water partition coefficient (Wildman–Crippen LogP) is 3.99. The Hall–Kier alpha value is -2.76. The highest BCUT2D eigenvalue weighted by atomic mass is 19.1. The topological polar surface area (TPSA) is 71.1 Å². The summed E-state index contributed by atoms with van der Waals surface area (Å²) in [6.07, 6.45) is 6.65. The lowest BCUT2D eigenvalue weighted by Gasteiger charge is -2.20. The van der Waals surface area contributed by atoms with Crippen LogP contribution in [0.25, 0.3) is 0 Å². The van der Waals surface area contributed by atoms with E-state index in [0.717, 1.165) is 25.7 Å². The zero-order chi connectivity index (χ0) is 17.6. The molecule has 1 aromatic carbocycles. The summed E-state index contributed by atoms with van der Waals surface area (Å²) in [5, 5.41) is 5.40. The van der Waals surface area contributed by atoms with E-state index in [-0.39, 0.29) is 17.4 Å². The Morgan fingerprint density at radius 3 is 2.44 bits per heavy atom. The minimum atomic E-state index is -0.579. The van der Waals surface area contributed by atoms with Crippen LogP contribution in [0.5, 0.6) is 0 Å². The molecule has 130 valence electrons. The lowest BCUT2D eigenvalue weighted by Crippen LogP contribution is -2.25. The Balaban J connectivity index is 1.59. The van der Waals surface area contributed by atoms with Crippen LogP contribution in [0.4, 0.5) is 15.9 Å². The molecule has 1 aliphatic carbocycles. The fourth-order valence-electron chi connectivity index (χ4n) is 2.98. The second-order valence-electron chi connectivity index (χ2n) is 6.19. The number of aromatic nitrogens is 1. The van der Waals surface area contributed by atoms with Crippen LogP contribution < -0.4 is 10.6 Å². The molecule has 1 aromatic heterocycles. The second-order valence-corrected chi connectivity index (χ2v) is 6.19. The number of hydrogen-bond acceptors (Lipinski definition) is 3. The molecule has 1 heterocycles. The molecule has 2 N–H and O–H groups in total. The number of benzene rings is 1. The first kappa shape index (κ1) is 17.1. The number of amides is 2. The number of anilines is 2. The van der Waals surface area contributed by atoms with Crippen LogP contribution in [0.2, 0.25) is 0 Å². The first-order chi connectivity index (χ1) is 12.1. The molecule has 0 unspecified atom stereocenters. The molecule has 1 fully saturated rings. The van der Waals surface area contributed by atoms with Gasteiger partial charge >= 0.3 is 0 Å². The summed E-state index contributed by atoms with van der Waals surface area (Å²) in [7, 11) is 0. The molecular weight excluding hydrogens is 321 g/mol. The number of pyridine rings is 1. The largest absolute Gasteiger partial charge is 0.320 e. The number of hydrogen-bond donors (Lipinski definition) is 2. The number of rotatable bonds is 4. The van der Waals surface area contributed by atoms with Crippen molar-refractivity contribution in [3.05, 3.63) is 54.0 Å². The summed E-state index contributed by atoms with van der Waals surface area (Å²) in [5.41, 5.74) is 0.404. The Morgan fingerprint density at radius 2 is 1.76 bits per heavy atom. The molecular formula is C19H20FN3O2. The number of carbonyl (C=O) groups excluding carboxylic acids is 2. The van der Waals surface area contributed by atoms with Gasteiger partial charge in [0.25, 0.3) is 5.91 Å². The van der Waals surface area contributed by atoms with Crippen molar-refractivity contribution in [3.8, 4) is 0 Å². The zero-order valence-electron chi connectivity index (χ0n) is 13.8. The van der Waals surface area contributed by atoms with Crippen molar-refractivity contribution in [2.24, 2.45) is 5.92 Å². The highest BCUT2D eigenvalue weighted by Gasteiger charge is 2.21. The number of halogens is 1. The van der Waals surface area contributed by atoms with E-state index < -0.39 is 11.7 Å². The van der Waals surface area contributed by atoms with Gasteiger partial charge in [-0.15, -0.1) is 0 Å². The molecule has 6 heteroatoms. The summed E-state index contributed by atoms with van der Waals surface area (Å²) in [4.78, 5) is 28.4. The van der Waals surface area contributed by atoms with Gasteiger partial charge in [-0.1, -0.05) is 31.4 Å². The average Bonchev–Trinajstić information content (AvgIpc) is 2.64. The molecule has 0 spiro atoms. The van der Waals surface area contributed by atoms with Gasteiger partial charge in [0.2, 0.25) is 5.91 Å². The Morgan fingerprint density at radius 1 is 1.00 bits per heavy atom. The average molecular weight is 341 g/mol. The minimum Gasteiger partial charge on any atom is -0.320 e. The molecule has 1 aliphatic rings. The van der Waals surface area contributed by atoms with Crippen molar-refractivity contribution in [2.45, 2.75) is 32.1 Å². The molecule has 3 rings (SSSR count). The summed E-state index contributed by atoms with van der Waals surface area (Å²) < 4.78 is 13.6. The van der Waals surface area contributed by atoms with E-state index in [1.54, 1.807) is 18.2 Å². The van der Waals surface area contributed by atoms with Gasteiger partial charge in [-0.25, -0.2) is 9.37 Å². The fraction of sp³-hybridized carbons (Fsp3) is 0.316. The molecule has 0 saturated heterocycles. The van der Waals surface area contributed by atoms with Crippen LogP contribution in [-0.4, -0.2) is 16.8 Å². The van der Waals surface area contributed by atoms with Gasteiger partial charge in [-0.2, -0.15) is 0 Å². The Bertz CT molecular complexity index is 756. The SMILES string of the molecule is O=C(Nc1ccc(NC(=O)C2CCCCC2)nc1)c1ccccc1F. The van der Waals surface area contributed by atoms with Crippen LogP contribution in [-0.2, 0) is 4.79 Å². The maximum Gasteiger partial charge on any atom is 0.258 e. The van der Waals surface area contributed by atoms with E-state index in [1.807, 2.05) is 0 Å². The van der Waals surface area contributed by atoms with Crippen LogP contribution in [0.15, 0.2) is 42.6 Å². The lowest BCUT2D eigenvalue weighted by molar-refractivity contribution is -0.120. The summed E-state index contributed by atoms with van der Waals surface area (Å²) in [6.45, 7) is 0. The highest BCUT2D eigenvalue weighted by Crippen LogP contribution is 2.24. The van der Waals surface area contributed by atoms with E-state index in [9.17, 15) is 14.0 Å². The molecule has 0 atom stereocenters. The second kappa shape index (κ2) is 7.88. The first-order valence-electron chi connectivity index (χ1n) is 8.46. The van der Waals surface area contributed by atoms with Crippen molar-refractivity contribution in [1.29, 1.82) is 0 Å². The van der Waals surface area contributed by atoms with Gasteiger partial charge < -0.3 is 10.6 Å². The lowest BCUT2D eigenvalue weighted by atomic mass is 9.89. The number of nitrogens with zero attached hydrogens (tertiary/aromatic N) is 1. The predicted molar refractivity (Wildman–Crippen MR) is 93.8 cm³/mol. The van der Waals surface area contributed by atoms with Crippen LogP contribution in [0.3, 0.4) is 0 Å². The molecule has 0 bridgehead atoms. The number of carbonyl (C=O) groups is 2. The first-order valence-corrected chi connectivity index (χ1v) is 8.46. The van der Waals surface area contributed by atoms with Gasteiger partial charge in [0.05, 0.1) is 17.4 Å². The maximum absolute atomic E-state index is 13.6. The van der Waals surface area contributed by atoms with E-state index in [4.69, 9.17) is 0 Å². The van der Waals surface area contributed by atoms with Crippen LogP contribution in [0, 0.1) is 11.7 Å². The highest BCUT2D eigenvalue weighted by molar-refractivity contribution is 6.04. The summed E-state index contributed by atoms with van der Waals surface area (Å²) >= 11 is 0. The van der Waals surface area contributed by atoms with Crippen LogP contribution >= 0.6 is 0 Å². The molecule has 2 aromatic rings. The van der Waals surface area contributed by atoms with Crippen molar-refractivity contribution >= 4 is 23.3 Å². The third-order valence-corrected chi connectivity index (χ3v) is 4.37. The smallest absolute Gasteiger partial charge is 0.258 e. The molecule has 0 radical (unpaired) electrons. The number of nitrogens with one attached hydrogen (secondary N) is 2. The van der Waals surface area contributed by atoms with Gasteiger partial charge in [0.1, 0.15) is 11.6 Å². The fourth-order valence-corrected chi connectivity index (χ4v) is 2.98.